The van der Waals surface area contributed by atoms with Gasteiger partial charge in [-0.05, 0) is 55.7 Å². The molecule has 5 rings (SSSR count). The molecule has 2 bridgehead atoms. The Kier molecular flexibility index (Phi) is 8.28. The largest absolute Gasteiger partial charge is 0.497 e. The first kappa shape index (κ1) is 28.6. The van der Waals surface area contributed by atoms with Crippen LogP contribution in [0.25, 0.3) is 0 Å². The second-order valence-electron chi connectivity index (χ2n) is 10.7. The van der Waals surface area contributed by atoms with Crippen LogP contribution in [0.3, 0.4) is 0 Å². The summed E-state index contributed by atoms with van der Waals surface area (Å²) in [5.41, 5.74) is 0.199. The van der Waals surface area contributed by atoms with E-state index in [1.54, 1.807) is 53.3 Å². The van der Waals surface area contributed by atoms with Gasteiger partial charge >= 0.3 is 0 Å². The van der Waals surface area contributed by atoms with Gasteiger partial charge in [-0.1, -0.05) is 30.4 Å². The van der Waals surface area contributed by atoms with Crippen LogP contribution in [0.15, 0.2) is 79.9 Å². The number of carbonyl (C=O) groups excluding carboxylic acids is 3. The summed E-state index contributed by atoms with van der Waals surface area (Å²) >= 11 is 0. The van der Waals surface area contributed by atoms with Crippen molar-refractivity contribution in [2.75, 3.05) is 43.2 Å². The number of ether oxygens (including phenoxy) is 2. The SMILES string of the molecule is C=CCN(C(=O)C1N(CCCO)C(=O)[C@@H]2[C@@H](C(=O)N(CC=C)c3ccccc3)[C@H]3CCC12O3)c1ccc(OC)cc1. The highest BCUT2D eigenvalue weighted by molar-refractivity contribution is 6.06. The Balaban J connectivity index is 1.54. The first-order chi connectivity index (χ1) is 19.9. The third kappa shape index (κ3) is 4.83. The van der Waals surface area contributed by atoms with Gasteiger partial charge in [0.15, 0.2) is 0 Å². The van der Waals surface area contributed by atoms with Crippen LogP contribution in [-0.4, -0.2) is 78.8 Å². The summed E-state index contributed by atoms with van der Waals surface area (Å²) in [4.78, 5) is 47.6. The van der Waals surface area contributed by atoms with Crippen molar-refractivity contribution < 1.29 is 29.0 Å². The molecule has 3 fully saturated rings. The molecule has 41 heavy (non-hydrogen) atoms. The van der Waals surface area contributed by atoms with Crippen molar-refractivity contribution in [3.8, 4) is 5.75 Å². The van der Waals surface area contributed by atoms with Crippen LogP contribution < -0.4 is 14.5 Å². The molecule has 3 saturated heterocycles. The van der Waals surface area contributed by atoms with Crippen molar-refractivity contribution in [3.63, 3.8) is 0 Å². The number of likely N-dealkylation sites (tertiary alicyclic amines) is 1. The molecule has 2 unspecified atom stereocenters. The highest BCUT2D eigenvalue weighted by Gasteiger charge is 2.74. The third-order valence-corrected chi connectivity index (χ3v) is 8.48. The van der Waals surface area contributed by atoms with E-state index in [2.05, 4.69) is 13.2 Å². The maximum absolute atomic E-state index is 14.5. The maximum atomic E-state index is 14.5. The zero-order valence-electron chi connectivity index (χ0n) is 23.4. The Morgan fingerprint density at radius 3 is 2.29 bits per heavy atom. The number of hydrogen-bond acceptors (Lipinski definition) is 6. The van der Waals surface area contributed by atoms with Crippen LogP contribution in [0, 0.1) is 11.8 Å². The Morgan fingerprint density at radius 2 is 1.68 bits per heavy atom. The highest BCUT2D eigenvalue weighted by Crippen LogP contribution is 2.59. The molecule has 1 spiro atoms. The molecule has 216 valence electrons. The van der Waals surface area contributed by atoms with Gasteiger partial charge in [0.1, 0.15) is 17.4 Å². The van der Waals surface area contributed by atoms with Crippen molar-refractivity contribution in [2.45, 2.75) is 37.0 Å². The fraction of sp³-hybridized carbons (Fsp3) is 0.406. The fourth-order valence-electron chi connectivity index (χ4n) is 6.80. The summed E-state index contributed by atoms with van der Waals surface area (Å²) < 4.78 is 11.9. The minimum absolute atomic E-state index is 0.135. The van der Waals surface area contributed by atoms with Crippen molar-refractivity contribution >= 4 is 29.1 Å². The molecule has 0 aliphatic carbocycles. The summed E-state index contributed by atoms with van der Waals surface area (Å²) in [7, 11) is 1.57. The van der Waals surface area contributed by atoms with Crippen molar-refractivity contribution in [3.05, 3.63) is 79.9 Å². The van der Waals surface area contributed by atoms with Crippen LogP contribution >= 0.6 is 0 Å². The molecule has 3 amide bonds. The number of aliphatic hydroxyl groups is 1. The molecule has 9 heteroatoms. The number of hydrogen-bond donors (Lipinski definition) is 1. The lowest BCUT2D eigenvalue weighted by molar-refractivity contribution is -0.141. The molecule has 0 aromatic heterocycles. The normalized spacial score (nSPS) is 26.0. The van der Waals surface area contributed by atoms with Crippen LogP contribution in [0.2, 0.25) is 0 Å². The number of rotatable bonds is 12. The van der Waals surface area contributed by atoms with Gasteiger partial charge in [-0.2, -0.15) is 0 Å². The number of aliphatic hydroxyl groups excluding tert-OH is 1. The molecule has 2 aromatic rings. The van der Waals surface area contributed by atoms with Crippen molar-refractivity contribution in [1.82, 2.24) is 4.90 Å². The summed E-state index contributed by atoms with van der Waals surface area (Å²) in [6, 6.07) is 15.5. The number of carbonyl (C=O) groups is 3. The zero-order chi connectivity index (χ0) is 29.1. The Morgan fingerprint density at radius 1 is 1.05 bits per heavy atom. The third-order valence-electron chi connectivity index (χ3n) is 8.48. The van der Waals surface area contributed by atoms with Gasteiger partial charge in [0.2, 0.25) is 11.8 Å². The van der Waals surface area contributed by atoms with Crippen LogP contribution in [-0.2, 0) is 19.1 Å². The summed E-state index contributed by atoms with van der Waals surface area (Å²) in [6.07, 6.45) is 4.18. The van der Waals surface area contributed by atoms with E-state index in [0.717, 1.165) is 0 Å². The average molecular weight is 560 g/mol. The number of anilines is 2. The second-order valence-corrected chi connectivity index (χ2v) is 10.7. The van der Waals surface area contributed by atoms with Gasteiger partial charge in [0, 0.05) is 37.6 Å². The molecule has 0 radical (unpaired) electrons. The number of fused-ring (bicyclic) bond motifs is 1. The predicted molar refractivity (Wildman–Crippen MR) is 156 cm³/mol. The van der Waals surface area contributed by atoms with E-state index in [1.807, 2.05) is 30.3 Å². The van der Waals surface area contributed by atoms with Crippen molar-refractivity contribution in [2.24, 2.45) is 11.8 Å². The first-order valence-electron chi connectivity index (χ1n) is 14.0. The molecule has 1 N–H and O–H groups in total. The molecule has 9 nitrogen and oxygen atoms in total. The standard InChI is InChI=1S/C32H37N3O6/c1-4-18-33(22-10-7-6-8-11-22)29(37)26-25-16-17-32(41-25)27(26)30(38)35(20-9-21-36)28(32)31(39)34(19-5-2)23-12-14-24(40-3)15-13-23/h4-8,10-15,25-28,36H,1-2,9,16-21H2,3H3/t25-,26+,27+,28?,32?/m1/s1. The van der Waals surface area contributed by atoms with Gasteiger partial charge in [-0.3, -0.25) is 14.4 Å². The molecule has 5 atom stereocenters. The van der Waals surface area contributed by atoms with Crippen LogP contribution in [0.5, 0.6) is 5.75 Å². The van der Waals surface area contributed by atoms with Gasteiger partial charge in [-0.15, -0.1) is 13.2 Å². The predicted octanol–water partition coefficient (Wildman–Crippen LogP) is 3.19. The topological polar surface area (TPSA) is 99.6 Å². The number of nitrogens with zero attached hydrogens (tertiary/aromatic N) is 3. The lowest BCUT2D eigenvalue weighted by Crippen LogP contribution is -2.56. The van der Waals surface area contributed by atoms with Gasteiger partial charge < -0.3 is 29.3 Å². The van der Waals surface area contributed by atoms with E-state index in [1.165, 1.54) is 4.90 Å². The number of para-hydroxylation sites is 1. The first-order valence-corrected chi connectivity index (χ1v) is 14.0. The average Bonchev–Trinajstić information content (AvgIpc) is 3.64. The lowest BCUT2D eigenvalue weighted by atomic mass is 9.70. The molecule has 3 aliphatic heterocycles. The Hall–Kier alpha value is -3.95. The maximum Gasteiger partial charge on any atom is 0.253 e. The summed E-state index contributed by atoms with van der Waals surface area (Å²) in [5, 5.41) is 9.63. The highest BCUT2D eigenvalue weighted by atomic mass is 16.5. The molecule has 3 heterocycles. The number of benzene rings is 2. The smallest absolute Gasteiger partial charge is 0.253 e. The van der Waals surface area contributed by atoms with Crippen LogP contribution in [0.1, 0.15) is 19.3 Å². The summed E-state index contributed by atoms with van der Waals surface area (Å²) in [5.74, 6) is -1.69. The van der Waals surface area contributed by atoms with Crippen molar-refractivity contribution in [1.29, 1.82) is 0 Å². The zero-order valence-corrected chi connectivity index (χ0v) is 23.4. The fourth-order valence-corrected chi connectivity index (χ4v) is 6.80. The molecular formula is C32H37N3O6. The molecule has 0 saturated carbocycles. The minimum Gasteiger partial charge on any atom is -0.497 e. The van der Waals surface area contributed by atoms with Gasteiger partial charge in [-0.25, -0.2) is 0 Å². The van der Waals surface area contributed by atoms with E-state index < -0.39 is 29.6 Å². The monoisotopic (exact) mass is 559 g/mol. The quantitative estimate of drug-likeness (QED) is 0.401. The van der Waals surface area contributed by atoms with E-state index >= 15 is 0 Å². The van der Waals surface area contributed by atoms with E-state index in [9.17, 15) is 19.5 Å². The van der Waals surface area contributed by atoms with E-state index in [4.69, 9.17) is 9.47 Å². The van der Waals surface area contributed by atoms with Crippen LogP contribution in [0.4, 0.5) is 11.4 Å². The Labute approximate surface area is 240 Å². The van der Waals surface area contributed by atoms with E-state index in [-0.39, 0.29) is 44.0 Å². The molecule has 2 aromatic carbocycles. The molecule has 3 aliphatic rings. The Bertz CT molecular complexity index is 1300. The molecular weight excluding hydrogens is 522 g/mol. The number of methoxy groups -OCH3 is 1. The minimum atomic E-state index is -1.14. The van der Waals surface area contributed by atoms with Gasteiger partial charge in [0.25, 0.3) is 5.91 Å². The van der Waals surface area contributed by atoms with Gasteiger partial charge in [0.05, 0.1) is 25.0 Å². The van der Waals surface area contributed by atoms with E-state index in [0.29, 0.717) is 36.4 Å². The second kappa shape index (κ2) is 11.9. The number of amides is 3. The summed E-state index contributed by atoms with van der Waals surface area (Å²) in [6.45, 7) is 8.22. The lowest BCUT2D eigenvalue weighted by Gasteiger charge is -2.37.